The summed E-state index contributed by atoms with van der Waals surface area (Å²) in [7, 11) is 1.97. The molecule has 0 atom stereocenters. The normalized spacial score (nSPS) is 11.1. The lowest BCUT2D eigenvalue weighted by atomic mass is 10.1. The fourth-order valence-electron chi connectivity index (χ4n) is 2.57. The largest absolute Gasteiger partial charge is 0.370 e. The molecule has 1 aromatic carbocycles. The number of rotatable bonds is 7. The minimum absolute atomic E-state index is 0.826. The number of alkyl halides is 1. The van der Waals surface area contributed by atoms with E-state index in [-0.39, 0.29) is 0 Å². The van der Waals surface area contributed by atoms with E-state index in [0.717, 1.165) is 45.6 Å². The highest BCUT2D eigenvalue weighted by Gasteiger charge is 2.13. The molecule has 7 heteroatoms. The fourth-order valence-corrected chi connectivity index (χ4v) is 3.58. The summed E-state index contributed by atoms with van der Waals surface area (Å²) in [6.07, 6.45) is 2.83. The number of fused-ring (bicyclic) bond motifs is 1. The van der Waals surface area contributed by atoms with Gasteiger partial charge in [-0.2, -0.15) is 9.61 Å². The van der Waals surface area contributed by atoms with Gasteiger partial charge in [-0.1, -0.05) is 46.9 Å². The molecule has 0 amide bonds. The van der Waals surface area contributed by atoms with Crippen molar-refractivity contribution in [2.45, 2.75) is 10.8 Å². The zero-order valence-corrected chi connectivity index (χ0v) is 17.1. The van der Waals surface area contributed by atoms with Crippen LogP contribution in [0.15, 0.2) is 41.0 Å². The van der Waals surface area contributed by atoms with Crippen molar-refractivity contribution in [3.8, 4) is 11.3 Å². The smallest absolute Gasteiger partial charge is 0.172 e. The van der Waals surface area contributed by atoms with E-state index in [4.69, 9.17) is 4.98 Å². The Labute approximate surface area is 163 Å². The van der Waals surface area contributed by atoms with Crippen molar-refractivity contribution >= 4 is 50.0 Å². The third-order valence-corrected chi connectivity index (χ3v) is 5.16. The number of nitrogens with zero attached hydrogens (tertiary/aromatic N) is 3. The first-order valence-corrected chi connectivity index (χ1v) is 10.1. The van der Waals surface area contributed by atoms with Crippen LogP contribution in [0.4, 0.5) is 5.82 Å². The first-order chi connectivity index (χ1) is 11.7. The molecule has 5 nitrogen and oxygen atoms in total. The van der Waals surface area contributed by atoms with Crippen LogP contribution in [0.5, 0.6) is 0 Å². The Kier molecular flexibility index (Phi) is 6.07. The van der Waals surface area contributed by atoms with E-state index >= 15 is 0 Å². The van der Waals surface area contributed by atoms with Gasteiger partial charge in [0, 0.05) is 22.6 Å². The Hall–Kier alpha value is -1.19. The molecule has 24 heavy (non-hydrogen) atoms. The molecular formula is C17H19BrIN5. The quantitative estimate of drug-likeness (QED) is 0.292. The summed E-state index contributed by atoms with van der Waals surface area (Å²) in [5.74, 6) is 0.958. The van der Waals surface area contributed by atoms with E-state index in [1.54, 1.807) is 6.20 Å². The Morgan fingerprint density at radius 1 is 1.25 bits per heavy atom. The molecule has 0 saturated carbocycles. The van der Waals surface area contributed by atoms with Crippen LogP contribution in [-0.4, -0.2) is 34.7 Å². The van der Waals surface area contributed by atoms with Crippen LogP contribution in [0.2, 0.25) is 0 Å². The van der Waals surface area contributed by atoms with Gasteiger partial charge in [-0.3, -0.25) is 0 Å². The zero-order chi connectivity index (χ0) is 16.9. The summed E-state index contributed by atoms with van der Waals surface area (Å²) < 4.78 is 3.70. The molecule has 2 N–H and O–H groups in total. The van der Waals surface area contributed by atoms with Crippen LogP contribution in [0.1, 0.15) is 12.0 Å². The molecule has 0 aliphatic carbocycles. The molecule has 0 unspecified atom stereocenters. The van der Waals surface area contributed by atoms with Gasteiger partial charge in [0.15, 0.2) is 5.65 Å². The summed E-state index contributed by atoms with van der Waals surface area (Å²) in [6, 6.07) is 10.5. The van der Waals surface area contributed by atoms with E-state index in [1.165, 1.54) is 11.1 Å². The minimum atomic E-state index is 0.826. The Balaban J connectivity index is 2.04. The van der Waals surface area contributed by atoms with E-state index in [1.807, 2.05) is 11.6 Å². The van der Waals surface area contributed by atoms with E-state index in [0.29, 0.717) is 0 Å². The maximum atomic E-state index is 4.82. The van der Waals surface area contributed by atoms with Crippen molar-refractivity contribution in [3.05, 3.63) is 46.6 Å². The van der Waals surface area contributed by atoms with Gasteiger partial charge in [0.2, 0.25) is 0 Å². The van der Waals surface area contributed by atoms with Crippen LogP contribution in [0.3, 0.4) is 0 Å². The number of halogens is 2. The van der Waals surface area contributed by atoms with Crippen LogP contribution in [-0.2, 0) is 4.43 Å². The molecule has 0 saturated heterocycles. The molecule has 2 aromatic heterocycles. The molecule has 126 valence electrons. The summed E-state index contributed by atoms with van der Waals surface area (Å²) in [4.78, 5) is 4.82. The maximum absolute atomic E-state index is 4.82. The molecule has 0 fully saturated rings. The number of benzene rings is 1. The lowest BCUT2D eigenvalue weighted by Crippen LogP contribution is -2.14. The summed E-state index contributed by atoms with van der Waals surface area (Å²) in [6.45, 7) is 1.86. The van der Waals surface area contributed by atoms with Gasteiger partial charge >= 0.3 is 0 Å². The molecule has 0 radical (unpaired) electrons. The summed E-state index contributed by atoms with van der Waals surface area (Å²) >= 11 is 5.94. The van der Waals surface area contributed by atoms with Crippen LogP contribution in [0.25, 0.3) is 16.9 Å². The standard InChI is InChI=1S/C17H19BrIN5/c1-20-7-4-8-21-16-9-15(13-6-3-2-5-12(13)10-19)23-17-14(18)11-22-24(16)17/h2-3,5-6,9,11,20-21H,4,7-8,10H2,1H3. The van der Waals surface area contributed by atoms with Crippen LogP contribution in [0, 0.1) is 0 Å². The highest BCUT2D eigenvalue weighted by atomic mass is 127. The molecule has 0 aliphatic heterocycles. The minimum Gasteiger partial charge on any atom is -0.370 e. The highest BCUT2D eigenvalue weighted by Crippen LogP contribution is 2.29. The highest BCUT2D eigenvalue weighted by molar-refractivity contribution is 14.1. The molecule has 2 heterocycles. The predicted octanol–water partition coefficient (Wildman–Crippen LogP) is 4.12. The first kappa shape index (κ1) is 17.6. The summed E-state index contributed by atoms with van der Waals surface area (Å²) in [5.41, 5.74) is 4.24. The molecule has 0 bridgehead atoms. The van der Waals surface area contributed by atoms with Gasteiger partial charge in [0.25, 0.3) is 0 Å². The number of anilines is 1. The first-order valence-electron chi connectivity index (χ1n) is 7.81. The number of aromatic nitrogens is 3. The lowest BCUT2D eigenvalue weighted by molar-refractivity contribution is 0.744. The predicted molar refractivity (Wildman–Crippen MR) is 111 cm³/mol. The molecule has 3 rings (SSSR count). The van der Waals surface area contributed by atoms with Crippen molar-refractivity contribution in [1.29, 1.82) is 0 Å². The van der Waals surface area contributed by atoms with Gasteiger partial charge in [-0.15, -0.1) is 0 Å². The number of hydrogen-bond donors (Lipinski definition) is 2. The number of nitrogens with one attached hydrogen (secondary N) is 2. The average Bonchev–Trinajstić information content (AvgIpc) is 3.00. The SMILES string of the molecule is CNCCCNc1cc(-c2ccccc2CI)nc2c(Br)cnn12. The van der Waals surface area contributed by atoms with Crippen LogP contribution >= 0.6 is 38.5 Å². The van der Waals surface area contributed by atoms with Crippen molar-refractivity contribution in [3.63, 3.8) is 0 Å². The van der Waals surface area contributed by atoms with Gasteiger partial charge in [0.05, 0.1) is 16.4 Å². The Morgan fingerprint density at radius 2 is 2.08 bits per heavy atom. The third-order valence-electron chi connectivity index (χ3n) is 3.78. The second-order valence-electron chi connectivity index (χ2n) is 5.43. The van der Waals surface area contributed by atoms with Gasteiger partial charge in [0.1, 0.15) is 5.82 Å². The average molecular weight is 500 g/mol. The van der Waals surface area contributed by atoms with Gasteiger partial charge < -0.3 is 10.6 Å². The zero-order valence-electron chi connectivity index (χ0n) is 13.4. The van der Waals surface area contributed by atoms with Crippen molar-refractivity contribution in [2.24, 2.45) is 0 Å². The van der Waals surface area contributed by atoms with Crippen LogP contribution < -0.4 is 10.6 Å². The second kappa shape index (κ2) is 8.26. The third kappa shape index (κ3) is 3.73. The fraction of sp³-hybridized carbons (Fsp3) is 0.294. The molecular weight excluding hydrogens is 481 g/mol. The van der Waals surface area contributed by atoms with Crippen molar-refractivity contribution < 1.29 is 0 Å². The Morgan fingerprint density at radius 3 is 2.88 bits per heavy atom. The molecule has 0 spiro atoms. The molecule has 3 aromatic rings. The summed E-state index contributed by atoms with van der Waals surface area (Å²) in [5, 5.41) is 11.1. The monoisotopic (exact) mass is 499 g/mol. The van der Waals surface area contributed by atoms with E-state index in [9.17, 15) is 0 Å². The van der Waals surface area contributed by atoms with Gasteiger partial charge in [-0.25, -0.2) is 4.98 Å². The number of hydrogen-bond acceptors (Lipinski definition) is 4. The van der Waals surface area contributed by atoms with Crippen molar-refractivity contribution in [2.75, 3.05) is 25.5 Å². The Bertz CT molecular complexity index is 833. The van der Waals surface area contributed by atoms with Crippen molar-refractivity contribution in [1.82, 2.24) is 19.9 Å². The molecule has 0 aliphatic rings. The second-order valence-corrected chi connectivity index (χ2v) is 7.05. The van der Waals surface area contributed by atoms with E-state index < -0.39 is 0 Å². The maximum Gasteiger partial charge on any atom is 0.172 e. The van der Waals surface area contributed by atoms with E-state index in [2.05, 4.69) is 84.6 Å². The topological polar surface area (TPSA) is 54.2 Å². The van der Waals surface area contributed by atoms with Gasteiger partial charge in [-0.05, 0) is 41.5 Å². The lowest BCUT2D eigenvalue weighted by Gasteiger charge is -2.12.